The van der Waals surface area contributed by atoms with Gasteiger partial charge in [0.05, 0.1) is 23.6 Å². The summed E-state index contributed by atoms with van der Waals surface area (Å²) >= 11 is 0. The highest BCUT2D eigenvalue weighted by Gasteiger charge is 2.16. The van der Waals surface area contributed by atoms with Gasteiger partial charge in [0.25, 0.3) is 5.56 Å². The molecule has 0 saturated carbocycles. The fourth-order valence-corrected chi connectivity index (χ4v) is 2.29. The highest BCUT2D eigenvalue weighted by Crippen LogP contribution is 2.26. The second-order valence-electron chi connectivity index (χ2n) is 4.77. The van der Waals surface area contributed by atoms with Crippen LogP contribution < -0.4 is 15.8 Å². The van der Waals surface area contributed by atoms with E-state index < -0.39 is 7.12 Å². The molecular formula is C15H13BN2O4. The van der Waals surface area contributed by atoms with Crippen LogP contribution >= 0.6 is 0 Å². The molecule has 0 fully saturated rings. The highest BCUT2D eigenvalue weighted by atomic mass is 16.5. The molecule has 0 amide bonds. The van der Waals surface area contributed by atoms with E-state index in [4.69, 9.17) is 4.74 Å². The summed E-state index contributed by atoms with van der Waals surface area (Å²) in [5.41, 5.74) is 1.05. The summed E-state index contributed by atoms with van der Waals surface area (Å²) in [6.45, 7) is 0. The zero-order chi connectivity index (χ0) is 15.7. The van der Waals surface area contributed by atoms with E-state index in [1.54, 1.807) is 30.3 Å². The molecule has 3 rings (SSSR count). The van der Waals surface area contributed by atoms with Gasteiger partial charge in [0.1, 0.15) is 11.6 Å². The summed E-state index contributed by atoms with van der Waals surface area (Å²) in [4.78, 5) is 19.3. The van der Waals surface area contributed by atoms with Crippen molar-refractivity contribution in [1.82, 2.24) is 9.97 Å². The number of nitrogens with one attached hydrogen (secondary N) is 1. The molecule has 0 aliphatic heterocycles. The first kappa shape index (κ1) is 14.3. The lowest BCUT2D eigenvalue weighted by atomic mass is 9.79. The SMILES string of the molecule is COc1ccc(B(O)O)cc1-c1nc2ccccc2c(=O)[nH]1. The standard InChI is InChI=1S/C15H13BN2O4/c1-22-13-7-6-9(16(20)21)8-11(13)14-17-12-5-3-2-4-10(12)15(19)18-14/h2-8,20-21H,1H3,(H,17,18,19). The number of ether oxygens (including phenoxy) is 1. The van der Waals surface area contributed by atoms with Gasteiger partial charge in [-0.25, -0.2) is 4.98 Å². The fourth-order valence-electron chi connectivity index (χ4n) is 2.29. The van der Waals surface area contributed by atoms with Crippen molar-refractivity contribution in [3.05, 3.63) is 52.8 Å². The zero-order valence-corrected chi connectivity index (χ0v) is 11.8. The first-order chi connectivity index (χ1) is 10.6. The van der Waals surface area contributed by atoms with Gasteiger partial charge in [0.2, 0.25) is 0 Å². The maximum atomic E-state index is 12.2. The Kier molecular flexibility index (Phi) is 3.66. The second kappa shape index (κ2) is 5.63. The minimum atomic E-state index is -1.61. The third-order valence-electron chi connectivity index (χ3n) is 3.39. The molecule has 6 nitrogen and oxygen atoms in total. The number of benzene rings is 2. The van der Waals surface area contributed by atoms with Crippen molar-refractivity contribution in [3.63, 3.8) is 0 Å². The van der Waals surface area contributed by atoms with Crippen molar-refractivity contribution >= 4 is 23.5 Å². The lowest BCUT2D eigenvalue weighted by Crippen LogP contribution is -2.29. The molecule has 0 aliphatic rings. The van der Waals surface area contributed by atoms with E-state index >= 15 is 0 Å². The third-order valence-corrected chi connectivity index (χ3v) is 3.39. The summed E-state index contributed by atoms with van der Waals surface area (Å²) in [6.07, 6.45) is 0. The monoisotopic (exact) mass is 296 g/mol. The van der Waals surface area contributed by atoms with Gasteiger partial charge in [-0.2, -0.15) is 0 Å². The number of methoxy groups -OCH3 is 1. The average molecular weight is 296 g/mol. The summed E-state index contributed by atoms with van der Waals surface area (Å²) in [7, 11) is -0.121. The Morgan fingerprint density at radius 3 is 2.68 bits per heavy atom. The molecule has 3 N–H and O–H groups in total. The maximum absolute atomic E-state index is 12.2. The molecule has 0 spiro atoms. The first-order valence-corrected chi connectivity index (χ1v) is 6.63. The molecule has 1 aromatic heterocycles. The molecule has 0 bridgehead atoms. The molecule has 0 aliphatic carbocycles. The number of rotatable bonds is 3. The number of para-hydroxylation sites is 1. The fraction of sp³-hybridized carbons (Fsp3) is 0.0667. The average Bonchev–Trinajstić information content (AvgIpc) is 2.54. The van der Waals surface area contributed by atoms with Crippen LogP contribution in [0.15, 0.2) is 47.3 Å². The normalized spacial score (nSPS) is 10.7. The van der Waals surface area contributed by atoms with E-state index in [9.17, 15) is 14.8 Å². The van der Waals surface area contributed by atoms with Crippen LogP contribution in [0.25, 0.3) is 22.3 Å². The van der Waals surface area contributed by atoms with Crippen LogP contribution in [0.1, 0.15) is 0 Å². The largest absolute Gasteiger partial charge is 0.496 e. The molecule has 7 heteroatoms. The second-order valence-corrected chi connectivity index (χ2v) is 4.77. The van der Waals surface area contributed by atoms with Gasteiger partial charge in [0.15, 0.2) is 0 Å². The van der Waals surface area contributed by atoms with E-state index in [0.717, 1.165) is 0 Å². The zero-order valence-electron chi connectivity index (χ0n) is 11.8. The smallest absolute Gasteiger partial charge is 0.488 e. The predicted molar refractivity (Wildman–Crippen MR) is 84.2 cm³/mol. The van der Waals surface area contributed by atoms with Crippen molar-refractivity contribution in [2.75, 3.05) is 7.11 Å². The van der Waals surface area contributed by atoms with E-state index in [-0.39, 0.29) is 11.0 Å². The van der Waals surface area contributed by atoms with E-state index in [2.05, 4.69) is 9.97 Å². The first-order valence-electron chi connectivity index (χ1n) is 6.63. The topological polar surface area (TPSA) is 95.4 Å². The van der Waals surface area contributed by atoms with Gasteiger partial charge in [-0.05, 0) is 29.7 Å². The van der Waals surface area contributed by atoms with Gasteiger partial charge < -0.3 is 19.8 Å². The van der Waals surface area contributed by atoms with Crippen LogP contribution in [0.2, 0.25) is 0 Å². The number of hydrogen-bond acceptors (Lipinski definition) is 5. The Hall–Kier alpha value is -2.64. The van der Waals surface area contributed by atoms with Gasteiger partial charge in [-0.1, -0.05) is 18.2 Å². The predicted octanol–water partition coefficient (Wildman–Crippen LogP) is 0.278. The van der Waals surface area contributed by atoms with Gasteiger partial charge in [0, 0.05) is 0 Å². The summed E-state index contributed by atoms with van der Waals surface area (Å²) in [5, 5.41) is 19.1. The summed E-state index contributed by atoms with van der Waals surface area (Å²) < 4.78 is 5.26. The minimum absolute atomic E-state index is 0.266. The maximum Gasteiger partial charge on any atom is 0.488 e. The third kappa shape index (κ3) is 2.47. The minimum Gasteiger partial charge on any atom is -0.496 e. The van der Waals surface area contributed by atoms with Gasteiger partial charge in [-0.3, -0.25) is 4.79 Å². The molecule has 0 atom stereocenters. The van der Waals surface area contributed by atoms with Gasteiger partial charge in [-0.15, -0.1) is 0 Å². The number of nitrogens with zero attached hydrogens (tertiary/aromatic N) is 1. The van der Waals surface area contributed by atoms with E-state index in [1.165, 1.54) is 19.2 Å². The number of aromatic nitrogens is 2. The Balaban J connectivity index is 2.26. The Morgan fingerprint density at radius 1 is 1.18 bits per heavy atom. The Labute approximate surface area is 126 Å². The lowest BCUT2D eigenvalue weighted by Gasteiger charge is -2.10. The number of aromatic amines is 1. The Morgan fingerprint density at radius 2 is 1.95 bits per heavy atom. The molecular weight excluding hydrogens is 283 g/mol. The van der Waals surface area contributed by atoms with Crippen LogP contribution in [0.4, 0.5) is 0 Å². The highest BCUT2D eigenvalue weighted by molar-refractivity contribution is 6.58. The van der Waals surface area contributed by atoms with Crippen LogP contribution in [0.3, 0.4) is 0 Å². The van der Waals surface area contributed by atoms with Crippen LogP contribution in [-0.2, 0) is 0 Å². The van der Waals surface area contributed by atoms with E-state index in [1.807, 2.05) is 0 Å². The molecule has 3 aromatic rings. The van der Waals surface area contributed by atoms with Crippen molar-refractivity contribution in [3.8, 4) is 17.1 Å². The van der Waals surface area contributed by atoms with Crippen molar-refractivity contribution < 1.29 is 14.8 Å². The van der Waals surface area contributed by atoms with Crippen LogP contribution in [-0.4, -0.2) is 34.2 Å². The van der Waals surface area contributed by atoms with Crippen LogP contribution in [0, 0.1) is 0 Å². The van der Waals surface area contributed by atoms with Crippen molar-refractivity contribution in [2.45, 2.75) is 0 Å². The molecule has 0 saturated heterocycles. The summed E-state index contributed by atoms with van der Waals surface area (Å²) in [6, 6.07) is 11.6. The van der Waals surface area contributed by atoms with Crippen molar-refractivity contribution in [1.29, 1.82) is 0 Å². The molecule has 0 radical (unpaired) electrons. The number of H-pyrrole nitrogens is 1. The molecule has 0 unspecified atom stereocenters. The molecule has 2 aromatic carbocycles. The Bertz CT molecular complexity index is 892. The lowest BCUT2D eigenvalue weighted by molar-refractivity contribution is 0.415. The molecule has 1 heterocycles. The summed E-state index contributed by atoms with van der Waals surface area (Å²) in [5.74, 6) is 0.783. The number of hydrogen-bond donors (Lipinski definition) is 3. The number of fused-ring (bicyclic) bond motifs is 1. The van der Waals surface area contributed by atoms with E-state index in [0.29, 0.717) is 28.0 Å². The molecule has 22 heavy (non-hydrogen) atoms. The van der Waals surface area contributed by atoms with Crippen LogP contribution in [0.5, 0.6) is 5.75 Å². The molecule has 110 valence electrons. The van der Waals surface area contributed by atoms with Crippen molar-refractivity contribution in [2.24, 2.45) is 0 Å². The quantitative estimate of drug-likeness (QED) is 0.603. The van der Waals surface area contributed by atoms with Gasteiger partial charge >= 0.3 is 7.12 Å².